The van der Waals surface area contributed by atoms with Crippen molar-refractivity contribution in [1.29, 1.82) is 0 Å². The zero-order valence-electron chi connectivity index (χ0n) is 10.7. The monoisotopic (exact) mass is 244 g/mol. The van der Waals surface area contributed by atoms with Crippen LogP contribution in [0.4, 0.5) is 11.5 Å². The number of anilines is 2. The molecule has 4 N–H and O–H groups in total. The van der Waals surface area contributed by atoms with Crippen LogP contribution in [0.1, 0.15) is 27.2 Å². The highest BCUT2D eigenvalue weighted by molar-refractivity contribution is 6.07. The van der Waals surface area contributed by atoms with Crippen molar-refractivity contribution in [1.82, 2.24) is 10.2 Å². The second-order valence-electron chi connectivity index (χ2n) is 4.33. The van der Waals surface area contributed by atoms with Gasteiger partial charge in [0.15, 0.2) is 5.82 Å². The fourth-order valence-electron chi connectivity index (χ4n) is 1.88. The van der Waals surface area contributed by atoms with Crippen molar-refractivity contribution in [3.8, 4) is 0 Å². The largest absolute Gasteiger partial charge is 0.394 e. The molecule has 0 aliphatic carbocycles. The number of H-pyrrole nitrogens is 1. The average molecular weight is 244 g/mol. The molecular formula is C13H16N4O. The molecule has 0 fully saturated rings. The predicted octanol–water partition coefficient (Wildman–Crippen LogP) is 2.17. The number of aromatic amines is 1. The Hall–Kier alpha value is -2.30. The van der Waals surface area contributed by atoms with Gasteiger partial charge in [0.1, 0.15) is 0 Å². The van der Waals surface area contributed by atoms with Gasteiger partial charge in [0, 0.05) is 5.56 Å². The van der Waals surface area contributed by atoms with E-state index in [4.69, 9.17) is 5.73 Å². The number of nitrogens with one attached hydrogen (secondary N) is 2. The summed E-state index contributed by atoms with van der Waals surface area (Å²) in [5.74, 6) is 0.184. The number of hydrogen-bond donors (Lipinski definition) is 3. The third-order valence-corrected chi connectivity index (χ3v) is 2.93. The van der Waals surface area contributed by atoms with Crippen LogP contribution in [-0.2, 0) is 0 Å². The summed E-state index contributed by atoms with van der Waals surface area (Å²) in [7, 11) is 0. The van der Waals surface area contributed by atoms with Crippen LogP contribution in [0.3, 0.4) is 0 Å². The second kappa shape index (κ2) is 4.52. The maximum absolute atomic E-state index is 12.2. The summed E-state index contributed by atoms with van der Waals surface area (Å²) in [6, 6.07) is 5.73. The van der Waals surface area contributed by atoms with E-state index in [1.807, 2.05) is 32.0 Å². The molecule has 2 aromatic rings. The Balaban J connectivity index is 2.31. The van der Waals surface area contributed by atoms with E-state index in [0.29, 0.717) is 17.1 Å². The zero-order chi connectivity index (χ0) is 13.3. The van der Waals surface area contributed by atoms with Crippen LogP contribution in [-0.4, -0.2) is 16.1 Å². The number of rotatable bonds is 2. The fraction of sp³-hybridized carbons (Fsp3) is 0.231. The predicted molar refractivity (Wildman–Crippen MR) is 71.6 cm³/mol. The number of benzene rings is 1. The fourth-order valence-corrected chi connectivity index (χ4v) is 1.88. The van der Waals surface area contributed by atoms with E-state index >= 15 is 0 Å². The lowest BCUT2D eigenvalue weighted by atomic mass is 10.0. The van der Waals surface area contributed by atoms with Gasteiger partial charge < -0.3 is 11.1 Å². The number of amides is 1. The smallest absolute Gasteiger partial charge is 0.257 e. The van der Waals surface area contributed by atoms with Crippen LogP contribution >= 0.6 is 0 Å². The van der Waals surface area contributed by atoms with Gasteiger partial charge in [-0.15, -0.1) is 0 Å². The molecule has 1 amide bonds. The zero-order valence-corrected chi connectivity index (χ0v) is 10.7. The van der Waals surface area contributed by atoms with Crippen molar-refractivity contribution in [3.63, 3.8) is 0 Å². The van der Waals surface area contributed by atoms with Crippen LogP contribution in [0, 0.1) is 20.8 Å². The number of carbonyl (C=O) groups is 1. The highest BCUT2D eigenvalue weighted by atomic mass is 16.1. The van der Waals surface area contributed by atoms with Crippen molar-refractivity contribution >= 4 is 17.4 Å². The Morgan fingerprint density at radius 1 is 1.28 bits per heavy atom. The molecule has 0 saturated heterocycles. The molecule has 1 aromatic heterocycles. The summed E-state index contributed by atoms with van der Waals surface area (Å²) in [6.07, 6.45) is 0. The van der Waals surface area contributed by atoms with Gasteiger partial charge in [0.2, 0.25) is 0 Å². The van der Waals surface area contributed by atoms with E-state index in [2.05, 4.69) is 15.5 Å². The third-order valence-electron chi connectivity index (χ3n) is 2.93. The maximum Gasteiger partial charge on any atom is 0.257 e. The second-order valence-corrected chi connectivity index (χ2v) is 4.33. The molecule has 0 bridgehead atoms. The lowest BCUT2D eigenvalue weighted by Gasteiger charge is -2.09. The van der Waals surface area contributed by atoms with E-state index in [9.17, 15) is 4.79 Å². The molecule has 0 aliphatic heterocycles. The molecule has 0 radical (unpaired) electrons. The van der Waals surface area contributed by atoms with Crippen molar-refractivity contribution in [2.45, 2.75) is 20.8 Å². The first-order valence-corrected chi connectivity index (χ1v) is 5.68. The highest BCUT2D eigenvalue weighted by Gasteiger charge is 2.15. The first kappa shape index (κ1) is 12.2. The van der Waals surface area contributed by atoms with E-state index in [-0.39, 0.29) is 5.91 Å². The van der Waals surface area contributed by atoms with Crippen LogP contribution in [0.5, 0.6) is 0 Å². The molecule has 5 nitrogen and oxygen atoms in total. The number of nitrogens with two attached hydrogens (primary N) is 1. The Labute approximate surface area is 105 Å². The summed E-state index contributed by atoms with van der Waals surface area (Å²) < 4.78 is 0. The molecule has 0 aliphatic rings. The van der Waals surface area contributed by atoms with Gasteiger partial charge in [-0.3, -0.25) is 9.89 Å². The number of hydrogen-bond acceptors (Lipinski definition) is 3. The molecule has 2 rings (SSSR count). The lowest BCUT2D eigenvalue weighted by molar-refractivity contribution is 0.102. The van der Waals surface area contributed by atoms with Crippen molar-refractivity contribution in [3.05, 3.63) is 40.6 Å². The SMILES string of the molecule is Cc1cccc(C)c1C(=O)Nc1n[nH]c(C)c1N. The molecule has 1 heterocycles. The van der Waals surface area contributed by atoms with Crippen LogP contribution in [0.25, 0.3) is 0 Å². The molecule has 0 unspecified atom stereocenters. The van der Waals surface area contributed by atoms with E-state index in [1.54, 1.807) is 6.92 Å². The van der Waals surface area contributed by atoms with Crippen LogP contribution in [0.2, 0.25) is 0 Å². The normalized spacial score (nSPS) is 10.4. The van der Waals surface area contributed by atoms with E-state index in [0.717, 1.165) is 16.8 Å². The van der Waals surface area contributed by atoms with Gasteiger partial charge in [-0.25, -0.2) is 0 Å². The number of nitrogen functional groups attached to an aromatic ring is 1. The van der Waals surface area contributed by atoms with Gasteiger partial charge in [0.25, 0.3) is 5.91 Å². The molecule has 0 spiro atoms. The standard InChI is InChI=1S/C13H16N4O/c1-7-5-4-6-8(2)10(7)13(18)15-12-11(14)9(3)16-17-12/h4-6H,14H2,1-3H3,(H2,15,16,17,18). The molecular weight excluding hydrogens is 228 g/mol. The maximum atomic E-state index is 12.2. The molecule has 0 atom stereocenters. The minimum absolute atomic E-state index is 0.191. The summed E-state index contributed by atoms with van der Waals surface area (Å²) in [6.45, 7) is 5.61. The summed E-state index contributed by atoms with van der Waals surface area (Å²) in [5.41, 5.74) is 9.53. The molecule has 0 saturated carbocycles. The highest BCUT2D eigenvalue weighted by Crippen LogP contribution is 2.20. The topological polar surface area (TPSA) is 83.8 Å². The van der Waals surface area contributed by atoms with E-state index < -0.39 is 0 Å². The van der Waals surface area contributed by atoms with Gasteiger partial charge in [0.05, 0.1) is 11.4 Å². The minimum Gasteiger partial charge on any atom is -0.394 e. The number of aromatic nitrogens is 2. The van der Waals surface area contributed by atoms with Gasteiger partial charge in [-0.05, 0) is 31.9 Å². The molecule has 1 aromatic carbocycles. The summed E-state index contributed by atoms with van der Waals surface area (Å²) in [4.78, 5) is 12.2. The molecule has 18 heavy (non-hydrogen) atoms. The summed E-state index contributed by atoms with van der Waals surface area (Å²) >= 11 is 0. The van der Waals surface area contributed by atoms with Gasteiger partial charge in [-0.1, -0.05) is 18.2 Å². The van der Waals surface area contributed by atoms with Crippen molar-refractivity contribution < 1.29 is 4.79 Å². The van der Waals surface area contributed by atoms with E-state index in [1.165, 1.54) is 0 Å². The molecule has 94 valence electrons. The van der Waals surface area contributed by atoms with Gasteiger partial charge >= 0.3 is 0 Å². The van der Waals surface area contributed by atoms with Crippen molar-refractivity contribution in [2.24, 2.45) is 0 Å². The minimum atomic E-state index is -0.191. The number of aryl methyl sites for hydroxylation is 3. The summed E-state index contributed by atoms with van der Waals surface area (Å²) in [5, 5.41) is 9.41. The van der Waals surface area contributed by atoms with Crippen LogP contribution in [0.15, 0.2) is 18.2 Å². The lowest BCUT2D eigenvalue weighted by Crippen LogP contribution is -2.16. The Morgan fingerprint density at radius 3 is 2.39 bits per heavy atom. The Morgan fingerprint density at radius 2 is 1.89 bits per heavy atom. The third kappa shape index (κ3) is 2.07. The quantitative estimate of drug-likeness (QED) is 0.757. The molecule has 5 heteroatoms. The number of carbonyl (C=O) groups excluding carboxylic acids is 1. The first-order chi connectivity index (χ1) is 8.50. The number of nitrogens with zero attached hydrogens (tertiary/aromatic N) is 1. The first-order valence-electron chi connectivity index (χ1n) is 5.68. The van der Waals surface area contributed by atoms with Crippen molar-refractivity contribution in [2.75, 3.05) is 11.1 Å². The van der Waals surface area contributed by atoms with Gasteiger partial charge in [-0.2, -0.15) is 5.10 Å². The Bertz CT molecular complexity index is 581. The average Bonchev–Trinajstić information content (AvgIpc) is 2.61. The Kier molecular flexibility index (Phi) is 3.06. The van der Waals surface area contributed by atoms with Crippen LogP contribution < -0.4 is 11.1 Å².